The molecule has 11 nitrogen and oxygen atoms in total. The lowest BCUT2D eigenvalue weighted by molar-refractivity contribution is -0.386. The van der Waals surface area contributed by atoms with E-state index in [2.05, 4.69) is 14.8 Å². The first kappa shape index (κ1) is 24.6. The van der Waals surface area contributed by atoms with Crippen LogP contribution in [0.4, 0.5) is 14.9 Å². The van der Waals surface area contributed by atoms with Crippen molar-refractivity contribution in [1.82, 2.24) is 5.32 Å². The number of hydrogen-bond donors (Lipinski definition) is 1. The Labute approximate surface area is 171 Å². The van der Waals surface area contributed by atoms with Crippen molar-refractivity contribution in [3.05, 3.63) is 34.1 Å². The first-order valence-corrected chi connectivity index (χ1v) is 8.63. The summed E-state index contributed by atoms with van der Waals surface area (Å²) in [4.78, 5) is 46.5. The number of carbonyl (C=O) groups excluding carboxylic acids is 3. The van der Waals surface area contributed by atoms with Crippen molar-refractivity contribution in [3.63, 3.8) is 0 Å². The van der Waals surface area contributed by atoms with Gasteiger partial charge < -0.3 is 24.3 Å². The quantitative estimate of drug-likeness (QED) is 0.284. The van der Waals surface area contributed by atoms with Crippen LogP contribution in [0, 0.1) is 15.9 Å². The molecule has 1 aromatic carbocycles. The van der Waals surface area contributed by atoms with Gasteiger partial charge in [-0.2, -0.15) is 0 Å². The van der Waals surface area contributed by atoms with E-state index in [1.54, 1.807) is 20.8 Å². The molecule has 0 saturated heterocycles. The maximum atomic E-state index is 13.6. The Hall–Kier alpha value is -3.44. The maximum Gasteiger partial charge on any atom is 0.408 e. The Balaban J connectivity index is 3.16. The van der Waals surface area contributed by atoms with Crippen LogP contribution in [0.25, 0.3) is 0 Å². The van der Waals surface area contributed by atoms with Crippen molar-refractivity contribution in [2.75, 3.05) is 14.2 Å². The monoisotopic (exact) mass is 430 g/mol. The summed E-state index contributed by atoms with van der Waals surface area (Å²) in [7, 11) is 2.07. The summed E-state index contributed by atoms with van der Waals surface area (Å²) in [6.07, 6.45) is -3.13. The number of nitro groups is 1. The molecular weight excluding hydrogens is 407 g/mol. The molecule has 0 radical (unpaired) electrons. The van der Waals surface area contributed by atoms with Gasteiger partial charge in [-0.3, -0.25) is 10.1 Å². The second-order valence-corrected chi connectivity index (χ2v) is 6.96. The lowest BCUT2D eigenvalue weighted by atomic mass is 10.1. The lowest BCUT2D eigenvalue weighted by Gasteiger charge is -2.24. The van der Waals surface area contributed by atoms with Gasteiger partial charge in [0.2, 0.25) is 5.75 Å². The zero-order valence-corrected chi connectivity index (χ0v) is 17.1. The number of alkyl carbamates (subject to hydrolysis) is 1. The topological polar surface area (TPSA) is 143 Å². The lowest BCUT2D eigenvalue weighted by Crippen LogP contribution is -2.47. The highest BCUT2D eigenvalue weighted by Gasteiger charge is 2.34. The normalized spacial score (nSPS) is 12.9. The van der Waals surface area contributed by atoms with E-state index in [0.29, 0.717) is 6.07 Å². The van der Waals surface area contributed by atoms with Gasteiger partial charge in [-0.05, 0) is 26.8 Å². The fraction of sp³-hybridized carbons (Fsp3) is 0.500. The number of rotatable bonds is 8. The van der Waals surface area contributed by atoms with Gasteiger partial charge in [0.1, 0.15) is 17.5 Å². The van der Waals surface area contributed by atoms with Crippen LogP contribution in [-0.2, 0) is 23.8 Å². The van der Waals surface area contributed by atoms with Crippen LogP contribution in [0.5, 0.6) is 5.75 Å². The third kappa shape index (κ3) is 7.53. The average Bonchev–Trinajstić information content (AvgIpc) is 2.63. The highest BCUT2D eigenvalue weighted by molar-refractivity contribution is 5.83. The summed E-state index contributed by atoms with van der Waals surface area (Å²) in [6.45, 7) is 4.80. The number of nitrogens with zero attached hydrogens (tertiary/aromatic N) is 1. The van der Waals surface area contributed by atoms with Crippen molar-refractivity contribution in [3.8, 4) is 5.75 Å². The number of nitrogens with one attached hydrogen (secondary N) is 1. The predicted octanol–water partition coefficient (Wildman–Crippen LogP) is 2.11. The van der Waals surface area contributed by atoms with Crippen molar-refractivity contribution in [2.24, 2.45) is 0 Å². The minimum atomic E-state index is -1.62. The molecule has 0 aromatic heterocycles. The fourth-order valence-electron chi connectivity index (χ4n) is 2.23. The van der Waals surface area contributed by atoms with Crippen molar-refractivity contribution in [1.29, 1.82) is 0 Å². The van der Waals surface area contributed by atoms with Crippen LogP contribution in [0.3, 0.4) is 0 Å². The second-order valence-electron chi connectivity index (χ2n) is 6.96. The number of carbonyl (C=O) groups is 3. The van der Waals surface area contributed by atoms with Gasteiger partial charge in [-0.1, -0.05) is 0 Å². The standard InChI is InChI=1S/C18H23FN2O9/c1-18(2,3)30-17(24)20-11(15(22)27-4)9-14(16(23)28-5)29-13-8-10(19)6-7-12(13)21(25)26/h6-8,11,14H,9H2,1-5H3,(H,20,24). The van der Waals surface area contributed by atoms with E-state index in [1.165, 1.54) is 0 Å². The maximum absolute atomic E-state index is 13.6. The summed E-state index contributed by atoms with van der Waals surface area (Å²) in [5.41, 5.74) is -1.48. The number of halogens is 1. The number of ether oxygens (including phenoxy) is 4. The van der Waals surface area contributed by atoms with E-state index in [0.717, 1.165) is 26.4 Å². The highest BCUT2D eigenvalue weighted by atomic mass is 19.1. The second kappa shape index (κ2) is 10.4. The van der Waals surface area contributed by atoms with Crippen molar-refractivity contribution >= 4 is 23.7 Å². The molecule has 0 bridgehead atoms. The summed E-state index contributed by atoms with van der Waals surface area (Å²) >= 11 is 0. The molecule has 2 unspecified atom stereocenters. The van der Waals surface area contributed by atoms with Gasteiger partial charge >= 0.3 is 23.7 Å². The number of hydrogen-bond acceptors (Lipinski definition) is 9. The Bertz CT molecular complexity index is 807. The predicted molar refractivity (Wildman–Crippen MR) is 99.3 cm³/mol. The van der Waals surface area contributed by atoms with Gasteiger partial charge in [-0.15, -0.1) is 0 Å². The Morgan fingerprint density at radius 2 is 1.77 bits per heavy atom. The Morgan fingerprint density at radius 1 is 1.17 bits per heavy atom. The molecule has 0 fully saturated rings. The molecule has 0 heterocycles. The van der Waals surface area contributed by atoms with E-state index < -0.39 is 64.4 Å². The first-order chi connectivity index (χ1) is 13.9. The van der Waals surface area contributed by atoms with E-state index >= 15 is 0 Å². The molecule has 0 aliphatic carbocycles. The first-order valence-electron chi connectivity index (χ1n) is 8.63. The van der Waals surface area contributed by atoms with Crippen molar-refractivity contribution in [2.45, 2.75) is 44.9 Å². The molecule has 0 aliphatic heterocycles. The zero-order chi connectivity index (χ0) is 23.1. The van der Waals surface area contributed by atoms with Gasteiger partial charge in [0, 0.05) is 18.6 Å². The van der Waals surface area contributed by atoms with Crippen LogP contribution in [0.2, 0.25) is 0 Å². The number of methoxy groups -OCH3 is 2. The van der Waals surface area contributed by atoms with E-state index in [1.807, 2.05) is 0 Å². The summed E-state index contributed by atoms with van der Waals surface area (Å²) in [6, 6.07) is 0.985. The van der Waals surface area contributed by atoms with E-state index in [9.17, 15) is 28.9 Å². The Morgan fingerprint density at radius 3 is 2.27 bits per heavy atom. The SMILES string of the molecule is COC(=O)C(CC(Oc1cc(F)ccc1[N+](=O)[O-])C(=O)OC)NC(=O)OC(C)(C)C. The largest absolute Gasteiger partial charge is 0.471 e. The smallest absolute Gasteiger partial charge is 0.408 e. The van der Waals surface area contributed by atoms with Crippen LogP contribution >= 0.6 is 0 Å². The molecule has 30 heavy (non-hydrogen) atoms. The van der Waals surface area contributed by atoms with Gasteiger partial charge in [0.25, 0.3) is 0 Å². The molecule has 1 rings (SSSR count). The molecule has 0 spiro atoms. The average molecular weight is 430 g/mol. The third-order valence-electron chi connectivity index (χ3n) is 3.48. The zero-order valence-electron chi connectivity index (χ0n) is 17.1. The molecular formula is C18H23FN2O9. The van der Waals surface area contributed by atoms with E-state index in [-0.39, 0.29) is 0 Å². The molecule has 166 valence electrons. The minimum absolute atomic E-state index is 0.535. The molecule has 2 atom stereocenters. The van der Waals surface area contributed by atoms with Crippen LogP contribution in [-0.4, -0.2) is 54.9 Å². The molecule has 0 saturated carbocycles. The molecule has 1 aromatic rings. The highest BCUT2D eigenvalue weighted by Crippen LogP contribution is 2.29. The van der Waals surface area contributed by atoms with Gasteiger partial charge in [0.15, 0.2) is 6.10 Å². The molecule has 0 aliphatic rings. The van der Waals surface area contributed by atoms with Crippen LogP contribution in [0.15, 0.2) is 18.2 Å². The van der Waals surface area contributed by atoms with E-state index in [4.69, 9.17) is 9.47 Å². The molecule has 1 amide bonds. The number of benzene rings is 1. The Kier molecular flexibility index (Phi) is 8.50. The summed E-state index contributed by atoms with van der Waals surface area (Å²) < 4.78 is 33.1. The van der Waals surface area contributed by atoms with Gasteiger partial charge in [0.05, 0.1) is 19.1 Å². The van der Waals surface area contributed by atoms with Crippen LogP contribution in [0.1, 0.15) is 27.2 Å². The fourth-order valence-corrected chi connectivity index (χ4v) is 2.23. The number of amides is 1. The molecule has 12 heteroatoms. The third-order valence-corrected chi connectivity index (χ3v) is 3.48. The molecule has 1 N–H and O–H groups in total. The number of esters is 2. The van der Waals surface area contributed by atoms with Crippen LogP contribution < -0.4 is 10.1 Å². The minimum Gasteiger partial charge on any atom is -0.471 e. The summed E-state index contributed by atoms with van der Waals surface area (Å²) in [5.74, 6) is -3.37. The summed E-state index contributed by atoms with van der Waals surface area (Å²) in [5, 5.41) is 13.4. The number of nitro benzene ring substituents is 1. The van der Waals surface area contributed by atoms with Gasteiger partial charge in [-0.25, -0.2) is 18.8 Å². The van der Waals surface area contributed by atoms with Crippen molar-refractivity contribution < 1.29 is 42.6 Å².